The first-order valence-corrected chi connectivity index (χ1v) is 2.00. The fourth-order valence-electron chi connectivity index (χ4n) is 0. The van der Waals surface area contributed by atoms with Gasteiger partial charge in [0.1, 0.15) is 0 Å². The van der Waals surface area contributed by atoms with Crippen LogP contribution in [0.15, 0.2) is 0 Å². The second-order valence-electron chi connectivity index (χ2n) is 0.408. The molecule has 0 aromatic rings. The van der Waals surface area contributed by atoms with Gasteiger partial charge in [-0.3, -0.25) is 8.42 Å². The molecule has 0 amide bonds. The Labute approximate surface area is 73.7 Å². The molecule has 0 rings (SSSR count). The standard InChI is InChI=1S/H2O4S.Yb/c1-5(2,3)4;/h(H2,1,2,3,4);/q;+3/p-2. The van der Waals surface area contributed by atoms with Gasteiger partial charge in [0.25, 0.3) is 0 Å². The molecule has 0 unspecified atom stereocenters. The Morgan fingerprint density at radius 2 is 1.17 bits per heavy atom. The molecule has 0 bridgehead atoms. The van der Waals surface area contributed by atoms with Crippen LogP contribution in [-0.4, -0.2) is 17.5 Å². The summed E-state index contributed by atoms with van der Waals surface area (Å²) in [4.78, 5) is 0. The SMILES string of the molecule is O=S(=O)([O-])[O-].[Yb+3]. The van der Waals surface area contributed by atoms with Crippen molar-refractivity contribution in [3.8, 4) is 0 Å². The van der Waals surface area contributed by atoms with Crippen molar-refractivity contribution in [3.63, 3.8) is 0 Å². The third-order valence-electron chi connectivity index (χ3n) is 0. The van der Waals surface area contributed by atoms with Crippen LogP contribution in [-0.2, 0) is 10.4 Å². The molecule has 0 fully saturated rings. The van der Waals surface area contributed by atoms with Gasteiger partial charge in [0.15, 0.2) is 0 Å². The molecule has 6 heteroatoms. The topological polar surface area (TPSA) is 80.3 Å². The van der Waals surface area contributed by atoms with E-state index in [1.165, 1.54) is 0 Å². The average Bonchev–Trinajstić information content (AvgIpc) is 0.722. The van der Waals surface area contributed by atoms with E-state index in [1.807, 2.05) is 0 Å². The zero-order valence-corrected chi connectivity index (χ0v) is 4.84. The van der Waals surface area contributed by atoms with Crippen LogP contribution in [0.25, 0.3) is 0 Å². The Morgan fingerprint density at radius 3 is 1.17 bits per heavy atom. The van der Waals surface area contributed by atoms with Crippen molar-refractivity contribution in [3.05, 3.63) is 0 Å². The molecule has 0 saturated carbocycles. The van der Waals surface area contributed by atoms with E-state index in [0.29, 0.717) is 0 Å². The van der Waals surface area contributed by atoms with E-state index in [2.05, 4.69) is 0 Å². The van der Waals surface area contributed by atoms with Crippen molar-refractivity contribution >= 4 is 10.4 Å². The minimum Gasteiger partial charge on any atom is -0.759 e. The van der Waals surface area contributed by atoms with Crippen molar-refractivity contribution in [2.24, 2.45) is 0 Å². The fourth-order valence-corrected chi connectivity index (χ4v) is 0. The number of hydrogen-bond donors (Lipinski definition) is 0. The van der Waals surface area contributed by atoms with Crippen LogP contribution < -0.4 is 0 Å². The van der Waals surface area contributed by atoms with Gasteiger partial charge in [-0.15, -0.1) is 0 Å². The molecule has 0 heterocycles. The van der Waals surface area contributed by atoms with Gasteiger partial charge in [-0.25, -0.2) is 0 Å². The van der Waals surface area contributed by atoms with Gasteiger partial charge >= 0.3 is 46.9 Å². The molecular weight excluding hydrogens is 269 g/mol. The van der Waals surface area contributed by atoms with Crippen LogP contribution in [0.3, 0.4) is 0 Å². The maximum atomic E-state index is 8.52. The van der Waals surface area contributed by atoms with Crippen molar-refractivity contribution in [1.29, 1.82) is 0 Å². The summed E-state index contributed by atoms with van der Waals surface area (Å²) < 4.78 is 34.1. The summed E-state index contributed by atoms with van der Waals surface area (Å²) >= 11 is 0. The second-order valence-corrected chi connectivity index (χ2v) is 1.22. The maximum Gasteiger partial charge on any atom is 3.00 e. The predicted molar refractivity (Wildman–Crippen MR) is 10.5 cm³/mol. The molecule has 0 saturated heterocycles. The van der Waals surface area contributed by atoms with Crippen LogP contribution in [0.5, 0.6) is 0 Å². The Bertz CT molecular complexity index is 90.7. The smallest absolute Gasteiger partial charge is 0.759 e. The summed E-state index contributed by atoms with van der Waals surface area (Å²) in [6.45, 7) is 0. The van der Waals surface area contributed by atoms with E-state index in [-0.39, 0.29) is 46.9 Å². The van der Waals surface area contributed by atoms with Gasteiger partial charge in [0, 0.05) is 10.4 Å². The molecule has 4 nitrogen and oxygen atoms in total. The van der Waals surface area contributed by atoms with E-state index in [0.717, 1.165) is 0 Å². The van der Waals surface area contributed by atoms with Crippen molar-refractivity contribution in [2.75, 3.05) is 0 Å². The Hall–Kier alpha value is 1.39. The summed E-state index contributed by atoms with van der Waals surface area (Å²) in [5.41, 5.74) is 0. The number of hydrogen-bond acceptors (Lipinski definition) is 4. The molecule has 0 aliphatic rings. The first kappa shape index (κ1) is 10.4. The molecule has 0 N–H and O–H groups in total. The van der Waals surface area contributed by atoms with Gasteiger partial charge in [0.05, 0.1) is 0 Å². The first-order chi connectivity index (χ1) is 2.00. The summed E-state index contributed by atoms with van der Waals surface area (Å²) in [7, 11) is -5.17. The molecule has 0 aromatic carbocycles. The van der Waals surface area contributed by atoms with E-state index in [4.69, 9.17) is 17.5 Å². The third-order valence-corrected chi connectivity index (χ3v) is 0. The van der Waals surface area contributed by atoms with Crippen LogP contribution in [0.1, 0.15) is 0 Å². The fraction of sp³-hybridized carbons (Fsp3) is 0. The molecule has 0 atom stereocenters. The molecule has 0 spiro atoms. The molecule has 6 heavy (non-hydrogen) atoms. The minimum absolute atomic E-state index is 0. The summed E-state index contributed by atoms with van der Waals surface area (Å²) in [5, 5.41) is 0. The second kappa shape index (κ2) is 3.40. The normalized spacial score (nSPS) is 9.67. The van der Waals surface area contributed by atoms with Gasteiger partial charge in [0.2, 0.25) is 0 Å². The van der Waals surface area contributed by atoms with Crippen LogP contribution in [0, 0.1) is 46.9 Å². The largest absolute Gasteiger partial charge is 3.00 e. The molecule has 0 aromatic heterocycles. The van der Waals surface area contributed by atoms with Gasteiger partial charge in [-0.2, -0.15) is 0 Å². The molecule has 0 aliphatic carbocycles. The maximum absolute atomic E-state index is 8.52. The Morgan fingerprint density at radius 1 is 1.17 bits per heavy atom. The van der Waals surface area contributed by atoms with Gasteiger partial charge in [-0.05, 0) is 0 Å². The van der Waals surface area contributed by atoms with E-state index in [1.54, 1.807) is 0 Å². The quantitative estimate of drug-likeness (QED) is 0.403. The Kier molecular flexibility index (Phi) is 5.88. The molecule has 0 aliphatic heterocycles. The van der Waals surface area contributed by atoms with Crippen LogP contribution in [0.2, 0.25) is 0 Å². The summed E-state index contributed by atoms with van der Waals surface area (Å²) in [6, 6.07) is 0. The third kappa shape index (κ3) is 53.8. The van der Waals surface area contributed by atoms with Crippen LogP contribution >= 0.6 is 0 Å². The predicted octanol–water partition coefficient (Wildman–Crippen LogP) is -1.34. The van der Waals surface area contributed by atoms with E-state index in [9.17, 15) is 0 Å². The van der Waals surface area contributed by atoms with Crippen molar-refractivity contribution < 1.29 is 64.4 Å². The summed E-state index contributed by atoms with van der Waals surface area (Å²) in [6.07, 6.45) is 0. The number of rotatable bonds is 0. The molecule has 43 valence electrons. The first-order valence-electron chi connectivity index (χ1n) is 0.667. The monoisotopic (exact) mass is 270 g/mol. The molecular formula is O4SYb+. The van der Waals surface area contributed by atoms with Gasteiger partial charge in [-0.1, -0.05) is 0 Å². The van der Waals surface area contributed by atoms with Gasteiger partial charge < -0.3 is 9.11 Å². The zero-order chi connectivity index (χ0) is 4.50. The molecule has 1 radical (unpaired) electrons. The van der Waals surface area contributed by atoms with Crippen molar-refractivity contribution in [2.45, 2.75) is 0 Å². The zero-order valence-electron chi connectivity index (χ0n) is 2.31. The van der Waals surface area contributed by atoms with E-state index >= 15 is 0 Å². The van der Waals surface area contributed by atoms with Crippen LogP contribution in [0.4, 0.5) is 0 Å². The summed E-state index contributed by atoms with van der Waals surface area (Å²) in [5.74, 6) is 0. The minimum atomic E-state index is -5.17. The van der Waals surface area contributed by atoms with E-state index < -0.39 is 10.4 Å². The van der Waals surface area contributed by atoms with Crippen molar-refractivity contribution in [1.82, 2.24) is 0 Å². The Balaban J connectivity index is 0. The average molecular weight is 269 g/mol.